The van der Waals surface area contributed by atoms with Crippen molar-refractivity contribution < 1.29 is 49.0 Å². The van der Waals surface area contributed by atoms with Crippen LogP contribution in [0.4, 0.5) is 0 Å². The molecule has 4 aliphatic carbocycles. The van der Waals surface area contributed by atoms with Gasteiger partial charge in [0.25, 0.3) is 0 Å². The molecule has 0 amide bonds. The van der Waals surface area contributed by atoms with E-state index < -0.39 is 53.8 Å². The third-order valence-electron chi connectivity index (χ3n) is 13.6. The van der Waals surface area contributed by atoms with Gasteiger partial charge in [-0.15, -0.1) is 0 Å². The third kappa shape index (κ3) is 6.65. The van der Waals surface area contributed by atoms with Crippen LogP contribution >= 0.6 is 0 Å². The zero-order valence-electron chi connectivity index (χ0n) is 28.9. The lowest BCUT2D eigenvalue weighted by molar-refractivity contribution is -0.311. The molecule has 10 nitrogen and oxygen atoms in total. The van der Waals surface area contributed by atoms with Gasteiger partial charge in [0.1, 0.15) is 12.2 Å². The highest BCUT2D eigenvalue weighted by molar-refractivity contribution is 5.66. The molecule has 0 radical (unpaired) electrons. The smallest absolute Gasteiger partial charge is 0.303 e. The summed E-state index contributed by atoms with van der Waals surface area (Å²) in [6, 6.07) is 0. The van der Waals surface area contributed by atoms with Crippen molar-refractivity contribution in [3.8, 4) is 0 Å². The van der Waals surface area contributed by atoms with Crippen LogP contribution in [-0.4, -0.2) is 88.0 Å². The molecule has 46 heavy (non-hydrogen) atoms. The van der Waals surface area contributed by atoms with Crippen molar-refractivity contribution in [1.29, 1.82) is 0 Å². The Balaban J connectivity index is 1.20. The lowest BCUT2D eigenvalue weighted by Gasteiger charge is -2.65. The minimum absolute atomic E-state index is 0.0987. The molecule has 5 unspecified atom stereocenters. The summed E-state index contributed by atoms with van der Waals surface area (Å²) in [5.41, 5.74) is -1.54. The van der Waals surface area contributed by atoms with Crippen molar-refractivity contribution in [3.63, 3.8) is 0 Å². The highest BCUT2D eigenvalue weighted by atomic mass is 16.7. The summed E-state index contributed by atoms with van der Waals surface area (Å²) in [4.78, 5) is 22.5. The number of aliphatic hydroxyl groups excluding tert-OH is 3. The molecule has 1 saturated heterocycles. The van der Waals surface area contributed by atoms with Gasteiger partial charge in [-0.25, -0.2) is 0 Å². The van der Waals surface area contributed by atoms with Crippen LogP contribution in [0.5, 0.6) is 0 Å². The fraction of sp³-hybridized carbons (Fsp3) is 0.944. The Morgan fingerprint density at radius 1 is 0.935 bits per heavy atom. The topological polar surface area (TPSA) is 152 Å². The van der Waals surface area contributed by atoms with E-state index in [0.29, 0.717) is 61.4 Å². The number of fused-ring (bicyclic) bond motifs is 5. The maximum atomic E-state index is 12.3. The molecule has 0 spiro atoms. The predicted octanol–water partition coefficient (Wildman–Crippen LogP) is 4.13. The van der Waals surface area contributed by atoms with E-state index in [0.717, 1.165) is 25.7 Å². The molecule has 5 rings (SSSR count). The van der Waals surface area contributed by atoms with Crippen LogP contribution in [0, 0.1) is 46.3 Å². The number of carbonyl (C=O) groups is 2. The van der Waals surface area contributed by atoms with Crippen molar-refractivity contribution in [2.24, 2.45) is 46.3 Å². The lowest BCUT2D eigenvalue weighted by Crippen LogP contribution is -2.69. The molecule has 1 aliphatic heterocycles. The molecule has 4 N–H and O–H groups in total. The Morgan fingerprint density at radius 2 is 1.67 bits per heavy atom. The van der Waals surface area contributed by atoms with Crippen molar-refractivity contribution in [3.05, 3.63) is 0 Å². The van der Waals surface area contributed by atoms with Gasteiger partial charge >= 0.3 is 11.9 Å². The number of hydrogen-bond acceptors (Lipinski definition) is 10. The highest BCUT2D eigenvalue weighted by Crippen LogP contribution is 2.69. The van der Waals surface area contributed by atoms with Crippen LogP contribution < -0.4 is 0 Å². The van der Waals surface area contributed by atoms with Crippen LogP contribution in [0.15, 0.2) is 0 Å². The van der Waals surface area contributed by atoms with Crippen LogP contribution in [0.3, 0.4) is 0 Å². The predicted molar refractivity (Wildman–Crippen MR) is 169 cm³/mol. The van der Waals surface area contributed by atoms with E-state index in [1.807, 2.05) is 0 Å². The Kier molecular flexibility index (Phi) is 10.9. The number of hydrogen-bond donors (Lipinski definition) is 4. The maximum absolute atomic E-state index is 12.3. The molecule has 1 heterocycles. The molecule has 4 saturated carbocycles. The Labute approximate surface area is 274 Å². The number of aliphatic hydroxyl groups is 4. The largest absolute Gasteiger partial charge is 0.466 e. The van der Waals surface area contributed by atoms with E-state index in [9.17, 15) is 30.0 Å². The molecule has 5 aliphatic rings. The lowest BCUT2D eigenvalue weighted by atomic mass is 9.42. The minimum atomic E-state index is -1.40. The summed E-state index contributed by atoms with van der Waals surface area (Å²) >= 11 is 0. The van der Waals surface area contributed by atoms with Crippen LogP contribution in [-0.2, 0) is 28.5 Å². The molecular weight excluding hydrogens is 592 g/mol. The summed E-state index contributed by atoms with van der Waals surface area (Å²) in [6.07, 6.45) is 3.97. The first-order chi connectivity index (χ1) is 21.6. The minimum Gasteiger partial charge on any atom is -0.466 e. The van der Waals surface area contributed by atoms with E-state index in [1.165, 1.54) is 33.1 Å². The van der Waals surface area contributed by atoms with Crippen molar-refractivity contribution in [1.82, 2.24) is 0 Å². The summed E-state index contributed by atoms with van der Waals surface area (Å²) in [5, 5.41) is 45.2. The maximum Gasteiger partial charge on any atom is 0.303 e. The number of carbonyl (C=O) groups excluding carboxylic acids is 2. The van der Waals surface area contributed by atoms with Crippen LogP contribution in [0.1, 0.15) is 112 Å². The Bertz CT molecular complexity index is 1090. The van der Waals surface area contributed by atoms with Gasteiger partial charge in [-0.1, -0.05) is 40.5 Å². The second-order valence-electron chi connectivity index (χ2n) is 16.3. The van der Waals surface area contributed by atoms with Crippen molar-refractivity contribution >= 4 is 11.9 Å². The Hall–Kier alpha value is -1.30. The quantitative estimate of drug-likeness (QED) is 0.200. The van der Waals surface area contributed by atoms with Gasteiger partial charge in [0.2, 0.25) is 0 Å². The zero-order chi connectivity index (χ0) is 33.6. The Morgan fingerprint density at radius 3 is 2.37 bits per heavy atom. The van der Waals surface area contributed by atoms with Gasteiger partial charge in [-0.05, 0) is 92.3 Å². The average molecular weight is 653 g/mol. The molecule has 0 aromatic heterocycles. The summed E-state index contributed by atoms with van der Waals surface area (Å²) < 4.78 is 22.1. The van der Waals surface area contributed by atoms with E-state index in [-0.39, 0.29) is 24.4 Å². The molecule has 15 atom stereocenters. The first-order valence-corrected chi connectivity index (χ1v) is 17.9. The van der Waals surface area contributed by atoms with E-state index in [2.05, 4.69) is 27.7 Å². The second-order valence-corrected chi connectivity index (χ2v) is 16.3. The van der Waals surface area contributed by atoms with E-state index in [1.54, 1.807) is 0 Å². The molecule has 0 bridgehead atoms. The van der Waals surface area contributed by atoms with Gasteiger partial charge in [0.15, 0.2) is 12.4 Å². The summed E-state index contributed by atoms with van der Waals surface area (Å²) in [5.74, 6) is 2.07. The van der Waals surface area contributed by atoms with Crippen molar-refractivity contribution in [2.75, 3.05) is 13.2 Å². The van der Waals surface area contributed by atoms with Gasteiger partial charge in [-0.2, -0.15) is 0 Å². The van der Waals surface area contributed by atoms with Gasteiger partial charge in [-0.3, -0.25) is 9.59 Å². The molecule has 264 valence electrons. The van der Waals surface area contributed by atoms with E-state index in [4.69, 9.17) is 18.9 Å². The van der Waals surface area contributed by atoms with Gasteiger partial charge in [0, 0.05) is 25.7 Å². The summed E-state index contributed by atoms with van der Waals surface area (Å²) in [7, 11) is 0. The van der Waals surface area contributed by atoms with Gasteiger partial charge in [0.05, 0.1) is 31.0 Å². The third-order valence-corrected chi connectivity index (χ3v) is 13.6. The first kappa shape index (κ1) is 36.0. The van der Waals surface area contributed by atoms with Crippen LogP contribution in [0.2, 0.25) is 0 Å². The van der Waals surface area contributed by atoms with Crippen LogP contribution in [0.25, 0.3) is 0 Å². The highest BCUT2D eigenvalue weighted by Gasteiger charge is 2.67. The van der Waals surface area contributed by atoms with Crippen molar-refractivity contribution in [2.45, 2.75) is 155 Å². The zero-order valence-corrected chi connectivity index (χ0v) is 28.9. The number of esters is 2. The van der Waals surface area contributed by atoms with Gasteiger partial charge < -0.3 is 39.4 Å². The normalized spacial score (nSPS) is 46.7. The standard InChI is InChI=1S/C36H60O10/c1-20(18-43-22(3)37)8-7-9-21(2)26-10-11-27-25-16-30(39)36(42)17-24(12-15-35(36,6)28(25)13-14-34(26,27)5)46-33-32(41)31(40)29(19-44-33)45-23(4)38/h20-21,24-33,39-42H,7-19H2,1-6H3/t20?,21?,24-,25?,26+,27?,28?,29+,30+,31+,32-,33-,34+,35+,36-/m0/s1. The molecular formula is C36H60O10. The summed E-state index contributed by atoms with van der Waals surface area (Å²) in [6.45, 7) is 12.3. The molecule has 0 aromatic rings. The fourth-order valence-corrected chi connectivity index (χ4v) is 11.1. The fourth-order valence-electron chi connectivity index (χ4n) is 11.1. The second kappa shape index (κ2) is 13.9. The van der Waals surface area contributed by atoms with E-state index >= 15 is 0 Å². The number of rotatable bonds is 10. The first-order valence-electron chi connectivity index (χ1n) is 17.9. The average Bonchev–Trinajstić information content (AvgIpc) is 3.34. The molecule has 0 aromatic carbocycles. The SMILES string of the molecule is CC(=O)OCC(C)CCCC(C)[C@H]1CCC2C3C[C@@H](O)[C@@]4(O)C[C@@H](O[C@@H]5OC[C@@H](OC(C)=O)[C@@H](O)[C@@H]5O)CC[C@]4(C)C3CC[C@@]21C. The monoisotopic (exact) mass is 652 g/mol. The molecule has 5 fully saturated rings. The molecule has 10 heteroatoms. The number of ether oxygens (including phenoxy) is 4.